The molecule has 1 nitrogen and oxygen atoms in total. The van der Waals surface area contributed by atoms with Crippen molar-refractivity contribution in [1.29, 1.82) is 0 Å². The Morgan fingerprint density at radius 1 is 0.895 bits per heavy atom. The van der Waals surface area contributed by atoms with E-state index < -0.39 is 0 Å². The summed E-state index contributed by atoms with van der Waals surface area (Å²) in [5, 5.41) is 0.601. The highest BCUT2D eigenvalue weighted by atomic mass is 35.5. The Kier molecular flexibility index (Phi) is 3.39. The Hall–Kier alpha value is -1.60. The molecule has 0 spiro atoms. The van der Waals surface area contributed by atoms with Crippen molar-refractivity contribution in [2.75, 3.05) is 0 Å². The minimum Gasteiger partial charge on any atom is -0.289 e. The highest BCUT2D eigenvalue weighted by Gasteiger charge is 2.14. The first-order chi connectivity index (χ1) is 9.24. The smallest absolute Gasteiger partial charge is 0.193 e. The summed E-state index contributed by atoms with van der Waals surface area (Å²) in [7, 11) is 0. The van der Waals surface area contributed by atoms with Crippen molar-refractivity contribution in [3.8, 4) is 0 Å². The number of fused-ring (bicyclic) bond motifs is 1. The van der Waals surface area contributed by atoms with E-state index >= 15 is 0 Å². The topological polar surface area (TPSA) is 17.1 Å². The standard InChI is InChI=1S/C17H15ClO/c18-16-7-3-6-14(11-16)17(19)15-9-8-12-4-1-2-5-13(12)10-15/h3,6-11H,1-2,4-5H2. The van der Waals surface area contributed by atoms with E-state index in [1.165, 1.54) is 24.0 Å². The molecule has 0 bridgehead atoms. The van der Waals surface area contributed by atoms with Gasteiger partial charge in [0.05, 0.1) is 0 Å². The molecule has 96 valence electrons. The van der Waals surface area contributed by atoms with Gasteiger partial charge in [-0.2, -0.15) is 0 Å². The maximum Gasteiger partial charge on any atom is 0.193 e. The van der Waals surface area contributed by atoms with E-state index in [0.717, 1.165) is 18.4 Å². The molecule has 2 heteroatoms. The summed E-state index contributed by atoms with van der Waals surface area (Å²) in [5.41, 5.74) is 4.15. The second-order valence-electron chi connectivity index (χ2n) is 5.03. The lowest BCUT2D eigenvalue weighted by Gasteiger charge is -2.16. The molecule has 0 radical (unpaired) electrons. The summed E-state index contributed by atoms with van der Waals surface area (Å²) in [6.45, 7) is 0. The van der Waals surface area contributed by atoms with Gasteiger partial charge in [-0.1, -0.05) is 35.9 Å². The third-order valence-electron chi connectivity index (χ3n) is 3.70. The van der Waals surface area contributed by atoms with Crippen molar-refractivity contribution in [3.05, 3.63) is 69.7 Å². The Labute approximate surface area is 118 Å². The van der Waals surface area contributed by atoms with Gasteiger partial charge in [-0.25, -0.2) is 0 Å². The number of hydrogen-bond donors (Lipinski definition) is 0. The van der Waals surface area contributed by atoms with Gasteiger partial charge in [-0.3, -0.25) is 4.79 Å². The zero-order chi connectivity index (χ0) is 13.2. The molecular formula is C17H15ClO. The van der Waals surface area contributed by atoms with Crippen LogP contribution in [0.4, 0.5) is 0 Å². The van der Waals surface area contributed by atoms with Crippen LogP contribution in [0.2, 0.25) is 5.02 Å². The van der Waals surface area contributed by atoms with Gasteiger partial charge in [0, 0.05) is 16.1 Å². The summed E-state index contributed by atoms with van der Waals surface area (Å²) < 4.78 is 0. The van der Waals surface area contributed by atoms with E-state index in [4.69, 9.17) is 11.6 Å². The maximum absolute atomic E-state index is 12.4. The van der Waals surface area contributed by atoms with Crippen LogP contribution in [-0.2, 0) is 12.8 Å². The lowest BCUT2D eigenvalue weighted by molar-refractivity contribution is 0.103. The molecule has 0 N–H and O–H groups in total. The number of rotatable bonds is 2. The van der Waals surface area contributed by atoms with Crippen molar-refractivity contribution < 1.29 is 4.79 Å². The molecule has 0 amide bonds. The largest absolute Gasteiger partial charge is 0.289 e. The van der Waals surface area contributed by atoms with Gasteiger partial charge in [-0.15, -0.1) is 0 Å². The van der Waals surface area contributed by atoms with Crippen molar-refractivity contribution in [1.82, 2.24) is 0 Å². The molecule has 0 atom stereocenters. The molecule has 0 unspecified atom stereocenters. The third kappa shape index (κ3) is 2.57. The predicted molar refractivity (Wildman–Crippen MR) is 78.0 cm³/mol. The molecule has 1 aliphatic carbocycles. The third-order valence-corrected chi connectivity index (χ3v) is 3.93. The first kappa shape index (κ1) is 12.4. The monoisotopic (exact) mass is 270 g/mol. The summed E-state index contributed by atoms with van der Waals surface area (Å²) in [6, 6.07) is 13.2. The Morgan fingerprint density at radius 3 is 2.42 bits per heavy atom. The lowest BCUT2D eigenvalue weighted by atomic mass is 9.89. The number of halogens is 1. The van der Waals surface area contributed by atoms with Crippen LogP contribution in [0, 0.1) is 0 Å². The molecule has 0 saturated carbocycles. The van der Waals surface area contributed by atoms with Crippen molar-refractivity contribution >= 4 is 17.4 Å². The van der Waals surface area contributed by atoms with Crippen molar-refractivity contribution in [2.24, 2.45) is 0 Å². The first-order valence-electron chi connectivity index (χ1n) is 6.66. The molecule has 0 fully saturated rings. The summed E-state index contributed by atoms with van der Waals surface area (Å²) in [5.74, 6) is 0.0517. The maximum atomic E-state index is 12.4. The first-order valence-corrected chi connectivity index (χ1v) is 7.04. The SMILES string of the molecule is O=C(c1cccc(Cl)c1)c1ccc2c(c1)CCCC2. The molecule has 2 aromatic rings. The molecule has 2 aromatic carbocycles. The molecule has 19 heavy (non-hydrogen) atoms. The van der Waals surface area contributed by atoms with E-state index in [1.54, 1.807) is 12.1 Å². The molecule has 0 saturated heterocycles. The van der Waals surface area contributed by atoms with Gasteiger partial charge in [0.25, 0.3) is 0 Å². The molecule has 0 aliphatic heterocycles. The van der Waals surface area contributed by atoms with Crippen LogP contribution < -0.4 is 0 Å². The van der Waals surface area contributed by atoms with Crippen LogP contribution in [0.3, 0.4) is 0 Å². The van der Waals surface area contributed by atoms with Gasteiger partial charge in [0.15, 0.2) is 5.78 Å². The Morgan fingerprint density at radius 2 is 1.63 bits per heavy atom. The second kappa shape index (κ2) is 5.18. The van der Waals surface area contributed by atoms with E-state index in [2.05, 4.69) is 12.1 Å². The zero-order valence-corrected chi connectivity index (χ0v) is 11.4. The van der Waals surface area contributed by atoms with Crippen LogP contribution in [0.25, 0.3) is 0 Å². The summed E-state index contributed by atoms with van der Waals surface area (Å²) in [6.07, 6.45) is 4.71. The highest BCUT2D eigenvalue weighted by Crippen LogP contribution is 2.23. The Balaban J connectivity index is 1.96. The van der Waals surface area contributed by atoms with E-state index in [9.17, 15) is 4.79 Å². The van der Waals surface area contributed by atoms with Crippen molar-refractivity contribution in [3.63, 3.8) is 0 Å². The number of hydrogen-bond acceptors (Lipinski definition) is 1. The minimum atomic E-state index is 0.0517. The van der Waals surface area contributed by atoms with Crippen LogP contribution in [0.1, 0.15) is 39.9 Å². The predicted octanol–water partition coefficient (Wildman–Crippen LogP) is 4.45. The summed E-state index contributed by atoms with van der Waals surface area (Å²) in [4.78, 5) is 12.4. The van der Waals surface area contributed by atoms with Gasteiger partial charge < -0.3 is 0 Å². The quantitative estimate of drug-likeness (QED) is 0.737. The highest BCUT2D eigenvalue weighted by molar-refractivity contribution is 6.31. The molecule has 3 rings (SSSR count). The van der Waals surface area contributed by atoms with Crippen LogP contribution in [0.15, 0.2) is 42.5 Å². The van der Waals surface area contributed by atoms with E-state index in [0.29, 0.717) is 10.6 Å². The van der Waals surface area contributed by atoms with Crippen LogP contribution in [-0.4, -0.2) is 5.78 Å². The second-order valence-corrected chi connectivity index (χ2v) is 5.47. The number of carbonyl (C=O) groups is 1. The number of carbonyl (C=O) groups excluding carboxylic acids is 1. The van der Waals surface area contributed by atoms with Crippen molar-refractivity contribution in [2.45, 2.75) is 25.7 Å². The minimum absolute atomic E-state index is 0.0517. The molecular weight excluding hydrogens is 256 g/mol. The van der Waals surface area contributed by atoms with Gasteiger partial charge in [-0.05, 0) is 55.0 Å². The van der Waals surface area contributed by atoms with Gasteiger partial charge in [0.2, 0.25) is 0 Å². The fourth-order valence-corrected chi connectivity index (χ4v) is 2.86. The lowest BCUT2D eigenvalue weighted by Crippen LogP contribution is -2.07. The fourth-order valence-electron chi connectivity index (χ4n) is 2.67. The average molecular weight is 271 g/mol. The zero-order valence-electron chi connectivity index (χ0n) is 10.7. The normalized spacial score (nSPS) is 13.9. The van der Waals surface area contributed by atoms with Crippen LogP contribution in [0.5, 0.6) is 0 Å². The fraction of sp³-hybridized carbons (Fsp3) is 0.235. The van der Waals surface area contributed by atoms with Crippen LogP contribution >= 0.6 is 11.6 Å². The van der Waals surface area contributed by atoms with Gasteiger partial charge in [0.1, 0.15) is 0 Å². The number of benzene rings is 2. The number of aryl methyl sites for hydroxylation is 2. The van der Waals surface area contributed by atoms with E-state index in [1.807, 2.05) is 18.2 Å². The number of ketones is 1. The Bertz CT molecular complexity index is 631. The van der Waals surface area contributed by atoms with Gasteiger partial charge >= 0.3 is 0 Å². The molecule has 1 aliphatic rings. The summed E-state index contributed by atoms with van der Waals surface area (Å²) >= 11 is 5.94. The molecule has 0 heterocycles. The van der Waals surface area contributed by atoms with E-state index in [-0.39, 0.29) is 5.78 Å². The average Bonchev–Trinajstić information content (AvgIpc) is 2.46. The molecule has 0 aromatic heterocycles.